The Balaban J connectivity index is 1.68. The molecule has 1 aliphatic rings. The van der Waals surface area contributed by atoms with Gasteiger partial charge in [-0.15, -0.1) is 0 Å². The molecule has 1 fully saturated rings. The van der Waals surface area contributed by atoms with Crippen molar-refractivity contribution >= 4 is 0 Å². The first-order valence-electron chi connectivity index (χ1n) is 14.5. The van der Waals surface area contributed by atoms with Crippen LogP contribution in [0.2, 0.25) is 0 Å². The molecule has 0 radical (unpaired) electrons. The van der Waals surface area contributed by atoms with Crippen molar-refractivity contribution in [1.29, 1.82) is 0 Å². The maximum Gasteiger partial charge on any atom is 0.163 e. The standard InChI is InChI=1S/C29H58O3/c1-27(30)23-21-19-17-15-13-11-9-7-5-4-6-8-10-12-14-16-18-20-22-24-28-25-26-31-29(2,3)32-28/h27-28,30H,4-26H2,1-3H3/t27-,28-/m1/s1. The van der Waals surface area contributed by atoms with Gasteiger partial charge < -0.3 is 14.6 Å². The van der Waals surface area contributed by atoms with Crippen molar-refractivity contribution in [3.8, 4) is 0 Å². The quantitative estimate of drug-likeness (QED) is 0.166. The van der Waals surface area contributed by atoms with Gasteiger partial charge in [-0.1, -0.05) is 122 Å². The number of aliphatic hydroxyl groups is 1. The molecule has 0 bridgehead atoms. The first-order chi connectivity index (χ1) is 15.5. The zero-order valence-electron chi connectivity index (χ0n) is 22.2. The Morgan fingerprint density at radius 2 is 1.03 bits per heavy atom. The average Bonchev–Trinajstić information content (AvgIpc) is 2.74. The second kappa shape index (κ2) is 20.3. The third-order valence-corrected chi connectivity index (χ3v) is 6.99. The van der Waals surface area contributed by atoms with Crippen molar-refractivity contribution in [3.05, 3.63) is 0 Å². The predicted octanol–water partition coefficient (Wildman–Crippen LogP) is 9.10. The Kier molecular flexibility index (Phi) is 18.9. The lowest BCUT2D eigenvalue weighted by atomic mass is 10.0. The van der Waals surface area contributed by atoms with Crippen LogP contribution in [-0.4, -0.2) is 29.7 Å². The van der Waals surface area contributed by atoms with Gasteiger partial charge in [0.2, 0.25) is 0 Å². The molecule has 2 atom stereocenters. The summed E-state index contributed by atoms with van der Waals surface area (Å²) in [5, 5.41) is 9.24. The summed E-state index contributed by atoms with van der Waals surface area (Å²) in [4.78, 5) is 0. The van der Waals surface area contributed by atoms with E-state index in [1.54, 1.807) is 0 Å². The molecule has 1 saturated heterocycles. The molecular formula is C29H58O3. The molecule has 0 amide bonds. The normalized spacial score (nSPS) is 19.3. The predicted molar refractivity (Wildman–Crippen MR) is 138 cm³/mol. The number of unbranched alkanes of at least 4 members (excludes halogenated alkanes) is 18. The molecule has 0 aromatic carbocycles. The van der Waals surface area contributed by atoms with E-state index < -0.39 is 0 Å². The highest BCUT2D eigenvalue weighted by atomic mass is 16.7. The lowest BCUT2D eigenvalue weighted by molar-refractivity contribution is -0.274. The second-order valence-corrected chi connectivity index (χ2v) is 10.9. The van der Waals surface area contributed by atoms with Crippen molar-refractivity contribution in [2.45, 2.75) is 180 Å². The van der Waals surface area contributed by atoms with Gasteiger partial charge >= 0.3 is 0 Å². The Labute approximate surface area is 201 Å². The lowest BCUT2D eigenvalue weighted by Crippen LogP contribution is -2.39. The summed E-state index contributed by atoms with van der Waals surface area (Å²) in [6.45, 7) is 6.82. The molecule has 0 aromatic heterocycles. The van der Waals surface area contributed by atoms with Gasteiger partial charge in [0.15, 0.2) is 5.79 Å². The molecule has 0 aromatic rings. The topological polar surface area (TPSA) is 38.7 Å². The summed E-state index contributed by atoms with van der Waals surface area (Å²) in [6.07, 6.45) is 30.1. The molecule has 0 unspecified atom stereocenters. The van der Waals surface area contributed by atoms with E-state index >= 15 is 0 Å². The second-order valence-electron chi connectivity index (χ2n) is 10.9. The van der Waals surface area contributed by atoms with Gasteiger partial charge in [0.25, 0.3) is 0 Å². The Morgan fingerprint density at radius 1 is 0.656 bits per heavy atom. The Hall–Kier alpha value is -0.120. The summed E-state index contributed by atoms with van der Waals surface area (Å²) in [7, 11) is 0. The van der Waals surface area contributed by atoms with Gasteiger partial charge in [-0.25, -0.2) is 0 Å². The van der Waals surface area contributed by atoms with Crippen molar-refractivity contribution in [1.82, 2.24) is 0 Å². The van der Waals surface area contributed by atoms with Gasteiger partial charge in [-0.2, -0.15) is 0 Å². The molecule has 1 N–H and O–H groups in total. The van der Waals surface area contributed by atoms with Gasteiger partial charge in [-0.3, -0.25) is 0 Å². The van der Waals surface area contributed by atoms with Crippen LogP contribution in [0.4, 0.5) is 0 Å². The number of hydrogen-bond acceptors (Lipinski definition) is 3. The first kappa shape index (κ1) is 29.9. The highest BCUT2D eigenvalue weighted by Crippen LogP contribution is 2.25. The van der Waals surface area contributed by atoms with Crippen molar-refractivity contribution in [3.63, 3.8) is 0 Å². The zero-order chi connectivity index (χ0) is 23.3. The van der Waals surface area contributed by atoms with Crippen LogP contribution in [0.5, 0.6) is 0 Å². The van der Waals surface area contributed by atoms with Gasteiger partial charge in [-0.05, 0) is 40.0 Å². The van der Waals surface area contributed by atoms with Crippen molar-refractivity contribution in [2.24, 2.45) is 0 Å². The van der Waals surface area contributed by atoms with E-state index in [-0.39, 0.29) is 11.9 Å². The van der Waals surface area contributed by atoms with Gasteiger partial charge in [0.05, 0.1) is 18.8 Å². The Bertz CT molecular complexity index is 394. The highest BCUT2D eigenvalue weighted by Gasteiger charge is 2.28. The highest BCUT2D eigenvalue weighted by molar-refractivity contribution is 4.69. The minimum atomic E-state index is -0.372. The van der Waals surface area contributed by atoms with E-state index in [1.165, 1.54) is 128 Å². The molecule has 1 rings (SSSR count). The first-order valence-corrected chi connectivity index (χ1v) is 14.5. The fourth-order valence-corrected chi connectivity index (χ4v) is 4.95. The maximum absolute atomic E-state index is 9.24. The third-order valence-electron chi connectivity index (χ3n) is 6.99. The van der Waals surface area contributed by atoms with Gasteiger partial charge in [0, 0.05) is 0 Å². The summed E-state index contributed by atoms with van der Waals surface area (Å²) in [5.74, 6) is -0.372. The van der Waals surface area contributed by atoms with E-state index in [9.17, 15) is 5.11 Å². The van der Waals surface area contributed by atoms with Crippen LogP contribution in [0.3, 0.4) is 0 Å². The fourth-order valence-electron chi connectivity index (χ4n) is 4.95. The number of aliphatic hydroxyl groups excluding tert-OH is 1. The molecule has 0 aliphatic carbocycles. The van der Waals surface area contributed by atoms with E-state index in [2.05, 4.69) is 0 Å². The smallest absolute Gasteiger partial charge is 0.163 e. The van der Waals surface area contributed by atoms with E-state index in [0.717, 1.165) is 19.4 Å². The van der Waals surface area contributed by atoms with E-state index in [4.69, 9.17) is 9.47 Å². The zero-order valence-corrected chi connectivity index (χ0v) is 22.2. The molecule has 192 valence electrons. The van der Waals surface area contributed by atoms with Crippen LogP contribution < -0.4 is 0 Å². The van der Waals surface area contributed by atoms with Crippen molar-refractivity contribution in [2.75, 3.05) is 6.61 Å². The number of hydrogen-bond donors (Lipinski definition) is 1. The molecule has 32 heavy (non-hydrogen) atoms. The average molecular weight is 455 g/mol. The molecule has 3 heteroatoms. The minimum Gasteiger partial charge on any atom is -0.393 e. The van der Waals surface area contributed by atoms with E-state index in [0.29, 0.717) is 6.10 Å². The van der Waals surface area contributed by atoms with Crippen LogP contribution >= 0.6 is 0 Å². The molecule has 0 spiro atoms. The van der Waals surface area contributed by atoms with Crippen LogP contribution in [-0.2, 0) is 9.47 Å². The Morgan fingerprint density at radius 3 is 1.41 bits per heavy atom. The van der Waals surface area contributed by atoms with Crippen LogP contribution in [0.25, 0.3) is 0 Å². The third kappa shape index (κ3) is 19.4. The number of rotatable bonds is 22. The summed E-state index contributed by atoms with van der Waals surface area (Å²) < 4.78 is 11.6. The molecular weight excluding hydrogens is 396 g/mol. The van der Waals surface area contributed by atoms with Gasteiger partial charge in [0.1, 0.15) is 0 Å². The monoisotopic (exact) mass is 454 g/mol. The van der Waals surface area contributed by atoms with Crippen LogP contribution in [0.1, 0.15) is 162 Å². The molecule has 0 saturated carbocycles. The lowest BCUT2D eigenvalue weighted by Gasteiger charge is -2.36. The van der Waals surface area contributed by atoms with Crippen LogP contribution in [0, 0.1) is 0 Å². The molecule has 1 heterocycles. The fraction of sp³-hybridized carbons (Fsp3) is 1.00. The minimum absolute atomic E-state index is 0.109. The number of ether oxygens (including phenoxy) is 2. The molecule has 3 nitrogen and oxygen atoms in total. The van der Waals surface area contributed by atoms with E-state index in [1.807, 2.05) is 20.8 Å². The van der Waals surface area contributed by atoms with Crippen LogP contribution in [0.15, 0.2) is 0 Å². The summed E-state index contributed by atoms with van der Waals surface area (Å²) in [5.41, 5.74) is 0. The molecule has 1 aliphatic heterocycles. The van der Waals surface area contributed by atoms with Crippen molar-refractivity contribution < 1.29 is 14.6 Å². The maximum atomic E-state index is 9.24. The summed E-state index contributed by atoms with van der Waals surface area (Å²) in [6, 6.07) is 0. The SMILES string of the molecule is C[C@@H](O)CCCCCCCCCCCCCCCCCCCCC[C@@H]1CCOC(C)(C)O1. The summed E-state index contributed by atoms with van der Waals surface area (Å²) >= 11 is 0. The largest absolute Gasteiger partial charge is 0.393 e.